The maximum atomic E-state index is 11.4. The Hall–Kier alpha value is -1.64. The molecule has 0 unspecified atom stereocenters. The van der Waals surface area contributed by atoms with Crippen LogP contribution in [0.5, 0.6) is 0 Å². The Balaban J connectivity index is 2.28. The van der Waals surface area contributed by atoms with Crippen molar-refractivity contribution in [3.8, 4) is 0 Å². The largest absolute Gasteiger partial charge is 0.370 e. The van der Waals surface area contributed by atoms with Crippen molar-refractivity contribution in [2.45, 2.75) is 25.7 Å². The van der Waals surface area contributed by atoms with E-state index in [1.54, 1.807) is 0 Å². The second kappa shape index (κ2) is 5.96. The lowest BCUT2D eigenvalue weighted by Crippen LogP contribution is -2.11. The van der Waals surface area contributed by atoms with Crippen molar-refractivity contribution in [3.05, 3.63) is 35.9 Å². The lowest BCUT2D eigenvalue weighted by atomic mass is 10.1. The molecule has 1 aromatic rings. The van der Waals surface area contributed by atoms with Gasteiger partial charge in [0.15, 0.2) is 0 Å². The van der Waals surface area contributed by atoms with Gasteiger partial charge in [0.05, 0.1) is 0 Å². The highest BCUT2D eigenvalue weighted by Gasteiger charge is 2.04. The summed E-state index contributed by atoms with van der Waals surface area (Å²) in [5, 5.41) is 0. The molecule has 0 aliphatic heterocycles. The molecule has 0 aliphatic carbocycles. The summed E-state index contributed by atoms with van der Waals surface area (Å²) in [5.41, 5.74) is 6.00. The van der Waals surface area contributed by atoms with Crippen LogP contribution in [-0.4, -0.2) is 11.7 Å². The third-order valence-electron chi connectivity index (χ3n) is 2.12. The zero-order chi connectivity index (χ0) is 11.1. The van der Waals surface area contributed by atoms with Crippen molar-refractivity contribution in [1.29, 1.82) is 0 Å². The molecule has 0 saturated heterocycles. The van der Waals surface area contributed by atoms with Crippen molar-refractivity contribution < 1.29 is 9.59 Å². The van der Waals surface area contributed by atoms with Gasteiger partial charge < -0.3 is 5.73 Å². The van der Waals surface area contributed by atoms with Crippen molar-refractivity contribution in [2.75, 3.05) is 0 Å². The van der Waals surface area contributed by atoms with Gasteiger partial charge in [-0.25, -0.2) is 0 Å². The standard InChI is InChI=1S/C12H15NO2/c13-12(15)8-4-7-11(14)9-10-5-2-1-3-6-10/h1-3,5-6H,4,7-9H2,(H2,13,15). The fourth-order valence-corrected chi connectivity index (χ4v) is 1.37. The van der Waals surface area contributed by atoms with Crippen LogP contribution >= 0.6 is 0 Å². The monoisotopic (exact) mass is 205 g/mol. The van der Waals surface area contributed by atoms with Gasteiger partial charge in [-0.2, -0.15) is 0 Å². The summed E-state index contributed by atoms with van der Waals surface area (Å²) in [6.45, 7) is 0. The predicted octanol–water partition coefficient (Wildman–Crippen LogP) is 1.45. The first kappa shape index (κ1) is 11.4. The molecule has 1 amide bonds. The van der Waals surface area contributed by atoms with E-state index in [0.717, 1.165) is 5.56 Å². The van der Waals surface area contributed by atoms with E-state index in [0.29, 0.717) is 25.7 Å². The first-order valence-corrected chi connectivity index (χ1v) is 5.02. The number of benzene rings is 1. The highest BCUT2D eigenvalue weighted by atomic mass is 16.1. The van der Waals surface area contributed by atoms with Crippen LogP contribution in [0.15, 0.2) is 30.3 Å². The van der Waals surface area contributed by atoms with Crippen LogP contribution in [0.4, 0.5) is 0 Å². The Morgan fingerprint density at radius 1 is 1.07 bits per heavy atom. The Morgan fingerprint density at radius 2 is 1.73 bits per heavy atom. The summed E-state index contributed by atoms with van der Waals surface area (Å²) in [5.74, 6) is -0.190. The normalized spacial score (nSPS) is 9.87. The summed E-state index contributed by atoms with van der Waals surface area (Å²) in [7, 11) is 0. The fraction of sp³-hybridized carbons (Fsp3) is 0.333. The van der Waals surface area contributed by atoms with Gasteiger partial charge in [-0.15, -0.1) is 0 Å². The van der Waals surface area contributed by atoms with Gasteiger partial charge in [-0.05, 0) is 12.0 Å². The first-order valence-electron chi connectivity index (χ1n) is 5.02. The van der Waals surface area contributed by atoms with Crippen LogP contribution in [-0.2, 0) is 16.0 Å². The number of hydrogen-bond acceptors (Lipinski definition) is 2. The number of primary amides is 1. The fourth-order valence-electron chi connectivity index (χ4n) is 1.37. The van der Waals surface area contributed by atoms with Gasteiger partial charge in [-0.1, -0.05) is 30.3 Å². The lowest BCUT2D eigenvalue weighted by Gasteiger charge is -2.00. The maximum Gasteiger partial charge on any atom is 0.217 e. The van der Waals surface area contributed by atoms with Crippen LogP contribution < -0.4 is 5.73 Å². The molecule has 1 aromatic carbocycles. The Bertz CT molecular complexity index is 333. The highest BCUT2D eigenvalue weighted by Crippen LogP contribution is 2.04. The average Bonchev–Trinajstić information content (AvgIpc) is 2.18. The summed E-state index contributed by atoms with van der Waals surface area (Å²) in [6.07, 6.45) is 1.72. The minimum Gasteiger partial charge on any atom is -0.370 e. The molecule has 3 nitrogen and oxygen atoms in total. The number of Topliss-reactive ketones (excluding diaryl/α,β-unsaturated/α-hetero) is 1. The summed E-state index contributed by atoms with van der Waals surface area (Å²) in [6, 6.07) is 9.58. The van der Waals surface area contributed by atoms with Crippen LogP contribution in [0.1, 0.15) is 24.8 Å². The van der Waals surface area contributed by atoms with Crippen LogP contribution in [0, 0.1) is 0 Å². The first-order chi connectivity index (χ1) is 7.18. The van der Waals surface area contributed by atoms with Crippen molar-refractivity contribution in [2.24, 2.45) is 5.73 Å². The lowest BCUT2D eigenvalue weighted by molar-refractivity contribution is -0.119. The van der Waals surface area contributed by atoms with Crippen LogP contribution in [0.3, 0.4) is 0 Å². The smallest absolute Gasteiger partial charge is 0.217 e. The van der Waals surface area contributed by atoms with Gasteiger partial charge in [0.25, 0.3) is 0 Å². The SMILES string of the molecule is NC(=O)CCCC(=O)Cc1ccccc1. The number of carbonyl (C=O) groups is 2. The molecule has 2 N–H and O–H groups in total. The Morgan fingerprint density at radius 3 is 2.33 bits per heavy atom. The van der Waals surface area contributed by atoms with Crippen LogP contribution in [0.2, 0.25) is 0 Å². The molecular weight excluding hydrogens is 190 g/mol. The van der Waals surface area contributed by atoms with E-state index in [-0.39, 0.29) is 11.7 Å². The molecule has 0 fully saturated rings. The Labute approximate surface area is 89.3 Å². The molecule has 0 atom stereocenters. The summed E-state index contributed by atoms with van der Waals surface area (Å²) in [4.78, 5) is 21.9. The van der Waals surface area contributed by atoms with Gasteiger partial charge in [0, 0.05) is 19.3 Å². The van der Waals surface area contributed by atoms with Gasteiger partial charge in [0.2, 0.25) is 5.91 Å². The molecule has 0 heterocycles. The maximum absolute atomic E-state index is 11.4. The molecule has 0 spiro atoms. The number of nitrogens with two attached hydrogens (primary N) is 1. The van der Waals surface area contributed by atoms with Crippen molar-refractivity contribution in [1.82, 2.24) is 0 Å². The van der Waals surface area contributed by atoms with Gasteiger partial charge in [0.1, 0.15) is 5.78 Å². The number of amides is 1. The molecular formula is C12H15NO2. The number of carbonyl (C=O) groups excluding carboxylic acids is 2. The van der Waals surface area contributed by atoms with E-state index in [9.17, 15) is 9.59 Å². The van der Waals surface area contributed by atoms with Gasteiger partial charge in [-0.3, -0.25) is 9.59 Å². The Kier molecular flexibility index (Phi) is 4.54. The minimum absolute atomic E-state index is 0.155. The molecule has 0 aromatic heterocycles. The number of rotatable bonds is 6. The van der Waals surface area contributed by atoms with Crippen molar-refractivity contribution >= 4 is 11.7 Å². The van der Waals surface area contributed by atoms with E-state index in [1.807, 2.05) is 30.3 Å². The molecule has 15 heavy (non-hydrogen) atoms. The third-order valence-corrected chi connectivity index (χ3v) is 2.12. The zero-order valence-electron chi connectivity index (χ0n) is 8.61. The molecule has 0 bridgehead atoms. The van der Waals surface area contributed by atoms with E-state index >= 15 is 0 Å². The van der Waals surface area contributed by atoms with E-state index in [1.165, 1.54) is 0 Å². The van der Waals surface area contributed by atoms with E-state index in [2.05, 4.69) is 0 Å². The minimum atomic E-state index is -0.345. The van der Waals surface area contributed by atoms with Crippen molar-refractivity contribution in [3.63, 3.8) is 0 Å². The second-order valence-electron chi connectivity index (χ2n) is 3.52. The third kappa shape index (κ3) is 4.96. The molecule has 80 valence electrons. The van der Waals surface area contributed by atoms with Gasteiger partial charge >= 0.3 is 0 Å². The molecule has 0 saturated carbocycles. The topological polar surface area (TPSA) is 60.2 Å². The zero-order valence-corrected chi connectivity index (χ0v) is 8.61. The quantitative estimate of drug-likeness (QED) is 0.764. The van der Waals surface area contributed by atoms with E-state index in [4.69, 9.17) is 5.73 Å². The second-order valence-corrected chi connectivity index (χ2v) is 3.52. The molecule has 0 aliphatic rings. The predicted molar refractivity (Wildman–Crippen MR) is 58.2 cm³/mol. The number of hydrogen-bond donors (Lipinski definition) is 1. The van der Waals surface area contributed by atoms with Crippen LogP contribution in [0.25, 0.3) is 0 Å². The average molecular weight is 205 g/mol. The summed E-state index contributed by atoms with van der Waals surface area (Å²) < 4.78 is 0. The highest BCUT2D eigenvalue weighted by molar-refractivity contribution is 5.81. The molecule has 0 radical (unpaired) electrons. The summed E-state index contributed by atoms with van der Waals surface area (Å²) >= 11 is 0. The number of ketones is 1. The molecule has 3 heteroatoms. The van der Waals surface area contributed by atoms with E-state index < -0.39 is 0 Å². The molecule has 1 rings (SSSR count).